The van der Waals surface area contributed by atoms with Gasteiger partial charge < -0.3 is 14.7 Å². The number of amides is 2. The first kappa shape index (κ1) is 18.3. The zero-order chi connectivity index (χ0) is 19.1. The van der Waals surface area contributed by atoms with Gasteiger partial charge >= 0.3 is 5.97 Å². The van der Waals surface area contributed by atoms with Crippen molar-refractivity contribution >= 4 is 27.8 Å². The molecule has 2 aliphatic rings. The van der Waals surface area contributed by atoms with Crippen molar-refractivity contribution in [2.75, 3.05) is 33.4 Å². The minimum atomic E-state index is -4.03. The Morgan fingerprint density at radius 2 is 2.08 bits per heavy atom. The SMILES string of the molecule is COCCN1C(=O)c2ccc(C(=O)N3CCC(C(=O)O)C3)cc2S1(=O)=O. The number of fused-ring (bicyclic) bond motifs is 1. The van der Waals surface area contributed by atoms with Crippen molar-refractivity contribution in [3.63, 3.8) is 0 Å². The molecule has 0 aromatic heterocycles. The lowest BCUT2D eigenvalue weighted by atomic mass is 10.1. The normalized spacial score (nSPS) is 21.1. The van der Waals surface area contributed by atoms with E-state index in [-0.39, 0.29) is 35.7 Å². The Bertz CT molecular complexity index is 881. The summed E-state index contributed by atoms with van der Waals surface area (Å²) in [6.45, 7) is 0.326. The third-order valence-electron chi connectivity index (χ3n) is 4.58. The fraction of sp³-hybridized carbons (Fsp3) is 0.438. The lowest BCUT2D eigenvalue weighted by molar-refractivity contribution is -0.141. The van der Waals surface area contributed by atoms with E-state index in [1.165, 1.54) is 30.2 Å². The number of benzene rings is 1. The van der Waals surface area contributed by atoms with E-state index in [1.54, 1.807) is 0 Å². The second-order valence-electron chi connectivity index (χ2n) is 6.16. The summed E-state index contributed by atoms with van der Waals surface area (Å²) >= 11 is 0. The smallest absolute Gasteiger partial charge is 0.308 e. The van der Waals surface area contributed by atoms with Crippen LogP contribution in [-0.4, -0.2) is 73.9 Å². The van der Waals surface area contributed by atoms with E-state index in [0.29, 0.717) is 13.0 Å². The molecule has 0 spiro atoms. The predicted octanol–water partition coefficient (Wildman–Crippen LogP) is 0.0242. The third-order valence-corrected chi connectivity index (χ3v) is 6.40. The maximum atomic E-state index is 12.6. The van der Waals surface area contributed by atoms with Gasteiger partial charge in [-0.1, -0.05) is 0 Å². The summed E-state index contributed by atoms with van der Waals surface area (Å²) in [4.78, 5) is 37.1. The summed E-state index contributed by atoms with van der Waals surface area (Å²) in [7, 11) is -2.63. The van der Waals surface area contributed by atoms with Gasteiger partial charge in [-0.25, -0.2) is 12.7 Å². The van der Waals surface area contributed by atoms with Crippen LogP contribution in [0.4, 0.5) is 0 Å². The van der Waals surface area contributed by atoms with Crippen LogP contribution in [0.15, 0.2) is 23.1 Å². The molecule has 1 N–H and O–H groups in total. The van der Waals surface area contributed by atoms with Crippen molar-refractivity contribution in [3.05, 3.63) is 29.3 Å². The number of carboxylic acid groups (broad SMARTS) is 1. The number of carboxylic acids is 1. The average molecular weight is 382 g/mol. The third kappa shape index (κ3) is 2.95. The number of hydrogen-bond acceptors (Lipinski definition) is 6. The zero-order valence-corrected chi connectivity index (χ0v) is 14.9. The van der Waals surface area contributed by atoms with Crippen LogP contribution in [-0.2, 0) is 19.6 Å². The lowest BCUT2D eigenvalue weighted by Crippen LogP contribution is -2.33. The number of sulfonamides is 1. The van der Waals surface area contributed by atoms with Crippen LogP contribution >= 0.6 is 0 Å². The molecule has 2 aliphatic heterocycles. The van der Waals surface area contributed by atoms with Crippen molar-refractivity contribution in [2.24, 2.45) is 5.92 Å². The molecular formula is C16H18N2O7S. The number of likely N-dealkylation sites (tertiary alicyclic amines) is 1. The predicted molar refractivity (Wildman–Crippen MR) is 88.2 cm³/mol. The Morgan fingerprint density at radius 3 is 2.69 bits per heavy atom. The topological polar surface area (TPSA) is 121 Å². The van der Waals surface area contributed by atoms with Gasteiger partial charge in [0.05, 0.1) is 24.6 Å². The number of methoxy groups -OCH3 is 1. The van der Waals surface area contributed by atoms with Crippen LogP contribution in [0.1, 0.15) is 27.1 Å². The molecule has 26 heavy (non-hydrogen) atoms. The molecule has 140 valence electrons. The molecule has 0 saturated carbocycles. The van der Waals surface area contributed by atoms with Crippen molar-refractivity contribution in [1.82, 2.24) is 9.21 Å². The van der Waals surface area contributed by atoms with Crippen LogP contribution in [0.25, 0.3) is 0 Å². The number of aliphatic carboxylic acids is 1. The first-order valence-corrected chi connectivity index (χ1v) is 9.43. The summed E-state index contributed by atoms with van der Waals surface area (Å²) in [6, 6.07) is 3.90. The molecular weight excluding hydrogens is 364 g/mol. The molecule has 0 aliphatic carbocycles. The Labute approximate surface area is 150 Å². The summed E-state index contributed by atoms with van der Waals surface area (Å²) in [6.07, 6.45) is 0.355. The average Bonchev–Trinajstić information content (AvgIpc) is 3.16. The summed E-state index contributed by atoms with van der Waals surface area (Å²) in [5.74, 6) is -2.68. The van der Waals surface area contributed by atoms with E-state index in [4.69, 9.17) is 9.84 Å². The van der Waals surface area contributed by atoms with Crippen LogP contribution in [0.2, 0.25) is 0 Å². The number of rotatable bonds is 5. The molecule has 1 aromatic rings. The van der Waals surface area contributed by atoms with Crippen LogP contribution in [0, 0.1) is 5.92 Å². The maximum absolute atomic E-state index is 12.6. The van der Waals surface area contributed by atoms with Crippen molar-refractivity contribution in [2.45, 2.75) is 11.3 Å². The van der Waals surface area contributed by atoms with Crippen LogP contribution in [0.3, 0.4) is 0 Å². The molecule has 1 aromatic carbocycles. The summed E-state index contributed by atoms with van der Waals surface area (Å²) in [5, 5.41) is 9.04. The molecule has 1 atom stereocenters. The van der Waals surface area contributed by atoms with Crippen molar-refractivity contribution < 1.29 is 32.6 Å². The van der Waals surface area contributed by atoms with Gasteiger partial charge in [-0.05, 0) is 24.6 Å². The molecule has 9 nitrogen and oxygen atoms in total. The molecule has 2 heterocycles. The minimum absolute atomic E-state index is 0.0162. The highest BCUT2D eigenvalue weighted by Gasteiger charge is 2.41. The molecule has 1 fully saturated rings. The largest absolute Gasteiger partial charge is 0.481 e. The molecule has 10 heteroatoms. The van der Waals surface area contributed by atoms with Crippen molar-refractivity contribution in [1.29, 1.82) is 0 Å². The van der Waals surface area contributed by atoms with Gasteiger partial charge in [-0.15, -0.1) is 0 Å². The number of ether oxygens (including phenoxy) is 1. The van der Waals surface area contributed by atoms with Gasteiger partial charge in [-0.3, -0.25) is 14.4 Å². The zero-order valence-electron chi connectivity index (χ0n) is 14.0. The standard InChI is InChI=1S/C16H18N2O7S/c1-25-7-6-18-15(20)12-3-2-10(8-13(12)26(18,23)24)14(19)17-5-4-11(9-17)16(21)22/h2-3,8,11H,4-7,9H2,1H3,(H,21,22). The lowest BCUT2D eigenvalue weighted by Gasteiger charge is -2.16. The monoisotopic (exact) mass is 382 g/mol. The quantitative estimate of drug-likeness (QED) is 0.762. The minimum Gasteiger partial charge on any atom is -0.481 e. The molecule has 2 amide bonds. The maximum Gasteiger partial charge on any atom is 0.308 e. The molecule has 0 radical (unpaired) electrons. The summed E-state index contributed by atoms with van der Waals surface area (Å²) < 4.78 is 30.7. The van der Waals surface area contributed by atoms with Crippen LogP contribution < -0.4 is 0 Å². The van der Waals surface area contributed by atoms with E-state index in [2.05, 4.69) is 0 Å². The number of carbonyl (C=O) groups excluding carboxylic acids is 2. The fourth-order valence-electron chi connectivity index (χ4n) is 3.13. The highest BCUT2D eigenvalue weighted by atomic mass is 32.2. The first-order valence-electron chi connectivity index (χ1n) is 7.99. The Balaban J connectivity index is 1.88. The van der Waals surface area contributed by atoms with E-state index in [0.717, 1.165) is 4.31 Å². The van der Waals surface area contributed by atoms with Gasteiger partial charge in [0, 0.05) is 25.8 Å². The van der Waals surface area contributed by atoms with Gasteiger partial charge in [0.15, 0.2) is 0 Å². The Kier molecular flexibility index (Phi) is 4.72. The van der Waals surface area contributed by atoms with Gasteiger partial charge in [0.2, 0.25) is 0 Å². The molecule has 3 rings (SSSR count). The van der Waals surface area contributed by atoms with E-state index >= 15 is 0 Å². The fourth-order valence-corrected chi connectivity index (χ4v) is 4.71. The first-order chi connectivity index (χ1) is 12.3. The second kappa shape index (κ2) is 6.69. The van der Waals surface area contributed by atoms with Crippen molar-refractivity contribution in [3.8, 4) is 0 Å². The Hall–Kier alpha value is -2.46. The van der Waals surface area contributed by atoms with Crippen LogP contribution in [0.5, 0.6) is 0 Å². The van der Waals surface area contributed by atoms with Gasteiger partial charge in [0.1, 0.15) is 4.90 Å². The van der Waals surface area contributed by atoms with E-state index < -0.39 is 33.7 Å². The highest BCUT2D eigenvalue weighted by molar-refractivity contribution is 7.90. The molecule has 1 unspecified atom stereocenters. The number of carbonyl (C=O) groups is 3. The van der Waals surface area contributed by atoms with Gasteiger partial charge in [0.25, 0.3) is 21.8 Å². The van der Waals surface area contributed by atoms with E-state index in [1.807, 2.05) is 0 Å². The molecule has 0 bridgehead atoms. The number of hydrogen-bond donors (Lipinski definition) is 1. The molecule has 1 saturated heterocycles. The van der Waals surface area contributed by atoms with E-state index in [9.17, 15) is 22.8 Å². The highest BCUT2D eigenvalue weighted by Crippen LogP contribution is 2.31. The summed E-state index contributed by atoms with van der Waals surface area (Å²) in [5.41, 5.74) is 0.127. The van der Waals surface area contributed by atoms with Gasteiger partial charge in [-0.2, -0.15) is 0 Å². The number of nitrogens with zero attached hydrogens (tertiary/aromatic N) is 2. The Morgan fingerprint density at radius 1 is 1.35 bits per heavy atom. The second-order valence-corrected chi connectivity index (χ2v) is 7.99.